The molecular formula is C26H53NO5S. The Hall–Kier alpha value is -0.660. The van der Waals surface area contributed by atoms with Crippen LogP contribution in [0.3, 0.4) is 0 Å². The number of carbonyl (C=O) groups excluding carboxylic acids is 1. The summed E-state index contributed by atoms with van der Waals surface area (Å²) in [4.78, 5) is 12.0. The van der Waals surface area contributed by atoms with E-state index in [1.807, 2.05) is 14.1 Å². The first kappa shape index (κ1) is 32.3. The van der Waals surface area contributed by atoms with E-state index in [0.717, 1.165) is 19.3 Å². The number of nitrogens with zero attached hydrogens (tertiary/aromatic N) is 1. The van der Waals surface area contributed by atoms with Crippen LogP contribution in [0.15, 0.2) is 0 Å². The average Bonchev–Trinajstić information content (AvgIpc) is 2.72. The Morgan fingerprint density at radius 2 is 1.24 bits per heavy atom. The molecule has 0 spiro atoms. The summed E-state index contributed by atoms with van der Waals surface area (Å²) in [5, 5.41) is 12.0. The van der Waals surface area contributed by atoms with Crippen LogP contribution in [0.4, 0.5) is 0 Å². The van der Waals surface area contributed by atoms with E-state index in [1.54, 1.807) is 6.92 Å². The van der Waals surface area contributed by atoms with Gasteiger partial charge in [0.05, 0.1) is 25.9 Å². The maximum atomic E-state index is 12.0. The summed E-state index contributed by atoms with van der Waals surface area (Å²) >= 11 is 0. The normalized spacial score (nSPS) is 15.3. The van der Waals surface area contributed by atoms with E-state index in [0.29, 0.717) is 0 Å². The summed E-state index contributed by atoms with van der Waals surface area (Å²) in [7, 11) is -0.322. The molecule has 7 heteroatoms. The van der Waals surface area contributed by atoms with Gasteiger partial charge in [0.25, 0.3) is 10.1 Å². The average molecular weight is 492 g/mol. The highest BCUT2D eigenvalue weighted by Gasteiger charge is 2.45. The van der Waals surface area contributed by atoms with Crippen molar-refractivity contribution in [3.05, 3.63) is 0 Å². The minimum Gasteiger partial charge on any atom is -0.544 e. The molecule has 0 aromatic rings. The molecule has 198 valence electrons. The first-order valence-corrected chi connectivity index (χ1v) is 15.0. The van der Waals surface area contributed by atoms with Gasteiger partial charge in [0.2, 0.25) is 0 Å². The summed E-state index contributed by atoms with van der Waals surface area (Å²) in [6, 6.07) is 0.107. The van der Waals surface area contributed by atoms with E-state index in [2.05, 4.69) is 13.8 Å². The van der Waals surface area contributed by atoms with Crippen molar-refractivity contribution < 1.29 is 27.4 Å². The number of unbranched alkanes of at least 4 members (excludes halogenated alkanes) is 13. The quantitative estimate of drug-likeness (QED) is 0.123. The van der Waals surface area contributed by atoms with Crippen LogP contribution in [0.1, 0.15) is 130 Å². The van der Waals surface area contributed by atoms with Gasteiger partial charge in [-0.3, -0.25) is 4.55 Å². The Kier molecular flexibility index (Phi) is 16.5. The zero-order chi connectivity index (χ0) is 25.4. The minimum atomic E-state index is -4.10. The second-order valence-corrected chi connectivity index (χ2v) is 12.3. The van der Waals surface area contributed by atoms with Gasteiger partial charge in [-0.15, -0.1) is 0 Å². The molecule has 0 heterocycles. The Bertz CT molecular complexity index is 620. The van der Waals surface area contributed by atoms with Crippen LogP contribution in [0, 0.1) is 0 Å². The van der Waals surface area contributed by atoms with Crippen LogP contribution in [-0.2, 0) is 14.9 Å². The summed E-state index contributed by atoms with van der Waals surface area (Å²) in [5.74, 6) is -1.60. The fraction of sp³-hybridized carbons (Fsp3) is 0.962. The fourth-order valence-corrected chi connectivity index (χ4v) is 5.18. The molecule has 1 N–H and O–H groups in total. The number of hydrogen-bond acceptors (Lipinski definition) is 4. The third kappa shape index (κ3) is 13.7. The molecule has 0 saturated carbocycles. The van der Waals surface area contributed by atoms with Crippen LogP contribution in [0.5, 0.6) is 0 Å². The highest BCUT2D eigenvalue weighted by atomic mass is 32.2. The van der Waals surface area contributed by atoms with Gasteiger partial charge in [0.1, 0.15) is 11.5 Å². The van der Waals surface area contributed by atoms with Gasteiger partial charge in [-0.1, -0.05) is 90.4 Å². The molecular weight excluding hydrogens is 438 g/mol. The number of carbonyl (C=O) groups is 1. The summed E-state index contributed by atoms with van der Waals surface area (Å²) in [5.41, 5.74) is -1.21. The van der Waals surface area contributed by atoms with E-state index in [9.17, 15) is 18.3 Å². The van der Waals surface area contributed by atoms with Gasteiger partial charge in [-0.05, 0) is 33.1 Å². The molecule has 0 aromatic carbocycles. The molecule has 33 heavy (non-hydrogen) atoms. The lowest BCUT2D eigenvalue weighted by molar-refractivity contribution is -0.954. The highest BCUT2D eigenvalue weighted by molar-refractivity contribution is 7.85. The molecule has 0 aliphatic heterocycles. The van der Waals surface area contributed by atoms with E-state index in [-0.39, 0.29) is 23.4 Å². The number of aliphatic carboxylic acids is 1. The predicted molar refractivity (Wildman–Crippen MR) is 136 cm³/mol. The summed E-state index contributed by atoms with van der Waals surface area (Å²) in [6.07, 6.45) is 19.5. The maximum Gasteiger partial charge on any atom is 0.264 e. The van der Waals surface area contributed by atoms with Crippen molar-refractivity contribution in [1.29, 1.82) is 0 Å². The van der Waals surface area contributed by atoms with E-state index in [1.165, 1.54) is 77.0 Å². The smallest absolute Gasteiger partial charge is 0.264 e. The van der Waals surface area contributed by atoms with Crippen molar-refractivity contribution in [2.75, 3.05) is 19.8 Å². The van der Waals surface area contributed by atoms with Gasteiger partial charge in [0.15, 0.2) is 0 Å². The van der Waals surface area contributed by atoms with Gasteiger partial charge in [-0.25, -0.2) is 0 Å². The van der Waals surface area contributed by atoms with Crippen LogP contribution >= 0.6 is 0 Å². The standard InChI is InChI=1S/C26H53NO5S/c1-6-7-8-9-10-11-12-13-14-15-16-17-18-19-21-24(2)27(4,5)26(3,25(28)29)22-20-23-33(30,31)32/h24H,6-23H2,1-5H3,(H-,28,29,30,31,32). The van der Waals surface area contributed by atoms with Crippen LogP contribution < -0.4 is 5.11 Å². The molecule has 0 amide bonds. The van der Waals surface area contributed by atoms with E-state index in [4.69, 9.17) is 4.55 Å². The Balaban J connectivity index is 4.11. The molecule has 0 rings (SSSR count). The van der Waals surface area contributed by atoms with Crippen LogP contribution in [0.25, 0.3) is 0 Å². The predicted octanol–water partition coefficient (Wildman–Crippen LogP) is 5.50. The minimum absolute atomic E-state index is 0.0938. The number of rotatable bonds is 22. The summed E-state index contributed by atoms with van der Waals surface area (Å²) in [6.45, 7) is 5.95. The first-order chi connectivity index (χ1) is 15.4. The fourth-order valence-electron chi connectivity index (χ4n) is 4.67. The largest absolute Gasteiger partial charge is 0.544 e. The highest BCUT2D eigenvalue weighted by Crippen LogP contribution is 2.31. The zero-order valence-electron chi connectivity index (χ0n) is 22.2. The Labute approximate surface area is 204 Å². The summed E-state index contributed by atoms with van der Waals surface area (Å²) < 4.78 is 31.2. The van der Waals surface area contributed by atoms with Crippen LogP contribution in [-0.4, -0.2) is 54.9 Å². The number of likely N-dealkylation sites (N-methyl/N-ethyl adjacent to an activating group) is 1. The second kappa shape index (κ2) is 16.9. The molecule has 6 nitrogen and oxygen atoms in total. The van der Waals surface area contributed by atoms with Crippen molar-refractivity contribution >= 4 is 16.1 Å². The van der Waals surface area contributed by atoms with E-state index < -0.39 is 27.4 Å². The lowest BCUT2D eigenvalue weighted by Crippen LogP contribution is -2.69. The monoisotopic (exact) mass is 491 g/mol. The third-order valence-corrected chi connectivity index (χ3v) is 8.66. The van der Waals surface area contributed by atoms with Gasteiger partial charge >= 0.3 is 0 Å². The SMILES string of the molecule is CCCCCCCCCCCCCCCCC(C)[N+](C)(C)C(C)(CCCS(=O)(=O)O)C(=O)[O-]. The van der Waals surface area contributed by atoms with Gasteiger partial charge in [0, 0.05) is 6.42 Å². The van der Waals surface area contributed by atoms with Crippen molar-refractivity contribution in [2.45, 2.75) is 142 Å². The lowest BCUT2D eigenvalue weighted by atomic mass is 9.89. The topological polar surface area (TPSA) is 94.5 Å². The maximum absolute atomic E-state index is 12.0. The zero-order valence-corrected chi connectivity index (χ0v) is 23.1. The molecule has 0 saturated heterocycles. The molecule has 0 aliphatic carbocycles. The first-order valence-electron chi connectivity index (χ1n) is 13.4. The lowest BCUT2D eigenvalue weighted by Gasteiger charge is -2.51. The van der Waals surface area contributed by atoms with Crippen LogP contribution in [0.2, 0.25) is 0 Å². The van der Waals surface area contributed by atoms with Crippen molar-refractivity contribution in [2.24, 2.45) is 0 Å². The van der Waals surface area contributed by atoms with Crippen molar-refractivity contribution in [3.8, 4) is 0 Å². The van der Waals surface area contributed by atoms with Gasteiger partial charge < -0.3 is 14.4 Å². The Morgan fingerprint density at radius 1 is 0.848 bits per heavy atom. The van der Waals surface area contributed by atoms with Crippen molar-refractivity contribution in [1.82, 2.24) is 0 Å². The molecule has 2 atom stereocenters. The second-order valence-electron chi connectivity index (χ2n) is 10.7. The number of hydrogen-bond donors (Lipinski definition) is 1. The molecule has 0 aliphatic rings. The Morgan fingerprint density at radius 3 is 1.61 bits per heavy atom. The number of carboxylic acids is 1. The molecule has 2 unspecified atom stereocenters. The number of carboxylic acid groups (broad SMARTS) is 1. The molecule has 0 fully saturated rings. The van der Waals surface area contributed by atoms with E-state index >= 15 is 0 Å². The molecule has 0 radical (unpaired) electrons. The molecule has 0 bridgehead atoms. The van der Waals surface area contributed by atoms with Gasteiger partial charge in [-0.2, -0.15) is 8.42 Å². The number of quaternary nitrogens is 1. The third-order valence-electron chi connectivity index (χ3n) is 7.85. The molecule has 0 aromatic heterocycles. The van der Waals surface area contributed by atoms with Crippen molar-refractivity contribution in [3.63, 3.8) is 0 Å².